The monoisotopic (exact) mass is 1010 g/mol. The van der Waals surface area contributed by atoms with Crippen LogP contribution in [0.25, 0.3) is 102 Å². The number of aromatic nitrogens is 6. The number of para-hydroxylation sites is 2. The Balaban J connectivity index is 1.10. The second-order valence-electron chi connectivity index (χ2n) is 18.4. The Morgan fingerprint density at radius 1 is 0.403 bits per heavy atom. The van der Waals surface area contributed by atoms with Gasteiger partial charge in [0.2, 0.25) is 5.88 Å². The molecule has 0 saturated heterocycles. The fourth-order valence-corrected chi connectivity index (χ4v) is 9.29. The molecule has 3 heterocycles. The summed E-state index contributed by atoms with van der Waals surface area (Å²) in [5, 5.41) is 0. The molecule has 7 aromatic carbocycles. The largest absolute Gasteiger partial charge is 0.476 e. The van der Waals surface area contributed by atoms with E-state index in [4.69, 9.17) is 44.1 Å². The van der Waals surface area contributed by atoms with Gasteiger partial charge in [0.15, 0.2) is 6.29 Å². The predicted octanol–water partition coefficient (Wildman–Crippen LogP) is 14.6. The lowest BCUT2D eigenvalue weighted by Crippen LogP contribution is -2.03. The Hall–Kier alpha value is -9.55. The van der Waals surface area contributed by atoms with E-state index in [1.165, 1.54) is 33.5 Å². The molecule has 0 radical (unpaired) electrons. The van der Waals surface area contributed by atoms with Crippen LogP contribution in [-0.4, -0.2) is 69.0 Å². The third kappa shape index (κ3) is 11.6. The summed E-state index contributed by atoms with van der Waals surface area (Å²) in [6.45, 7) is 2.73. The van der Waals surface area contributed by atoms with E-state index in [1.54, 1.807) is 36.4 Å². The minimum Gasteiger partial charge on any atom is -0.476 e. The van der Waals surface area contributed by atoms with Crippen molar-refractivity contribution in [3.8, 4) is 50.4 Å². The molecule has 12 nitrogen and oxygen atoms in total. The van der Waals surface area contributed by atoms with Gasteiger partial charge in [-0.3, -0.25) is 4.79 Å². The molecule has 0 spiro atoms. The van der Waals surface area contributed by atoms with Crippen molar-refractivity contribution < 1.29 is 28.6 Å². The zero-order valence-electron chi connectivity index (χ0n) is 43.0. The van der Waals surface area contributed by atoms with E-state index < -0.39 is 11.9 Å². The molecule has 0 atom stereocenters. The third-order valence-corrected chi connectivity index (χ3v) is 13.3. The van der Waals surface area contributed by atoms with Crippen molar-refractivity contribution in [3.05, 3.63) is 197 Å². The number of esters is 2. The SMILES string of the molecule is CCCCCCCCOc1nc2ccccc2nc1/C=C/c1nc2cc(-c3ccccc3)c(-c3ccccc3)cc2nc1/C=C/c1nc2cc(-c3ccc(C(=O)OC)cc3)c(-c3ccc(C(=O)OC)cc3)cc2nc1C=O. The topological polar surface area (TPSA) is 156 Å². The number of fused-ring (bicyclic) bond motifs is 3. The van der Waals surface area contributed by atoms with Gasteiger partial charge in [0.05, 0.1) is 82.1 Å². The standard InChI is InChI=1S/C65H54N6O6/c1-4-5-6-7-8-17-36-77-63-57(66-52-22-15-16-23-53(52)71-63)35-34-55-54(67-58-37-48(42-18-11-9-12-19-42)49(38-59(58)68-55)43-20-13-10-14-21-43)32-33-56-62(41-72)70-61-40-51(45-26-30-47(31-27-45)65(74)76-3)50(39-60(61)69-56)44-24-28-46(29-25-44)64(73)75-2/h9-16,18-35,37-41H,4-8,17,36H2,1-3H3/b33-32+,35-34+. The molecule has 0 N–H and O–H groups in total. The molecule has 0 bridgehead atoms. The molecule has 0 aliphatic carbocycles. The molecule has 0 fully saturated rings. The van der Waals surface area contributed by atoms with Crippen LogP contribution < -0.4 is 4.74 Å². The number of methoxy groups -OCH3 is 2. The first-order valence-electron chi connectivity index (χ1n) is 25.7. The molecule has 380 valence electrons. The first kappa shape index (κ1) is 51.0. The summed E-state index contributed by atoms with van der Waals surface area (Å²) in [7, 11) is 2.68. The molecule has 0 aliphatic rings. The predicted molar refractivity (Wildman–Crippen MR) is 305 cm³/mol. The maximum absolute atomic E-state index is 13.0. The maximum Gasteiger partial charge on any atom is 0.337 e. The number of unbranched alkanes of at least 4 members (excludes halogenated alkanes) is 5. The summed E-state index contributed by atoms with van der Waals surface area (Å²) in [6.07, 6.45) is 14.7. The van der Waals surface area contributed by atoms with E-state index in [2.05, 4.69) is 43.3 Å². The van der Waals surface area contributed by atoms with E-state index in [1.807, 2.05) is 109 Å². The van der Waals surface area contributed by atoms with Crippen molar-refractivity contribution >= 4 is 75.6 Å². The van der Waals surface area contributed by atoms with Crippen LogP contribution in [0.3, 0.4) is 0 Å². The van der Waals surface area contributed by atoms with E-state index in [9.17, 15) is 14.4 Å². The molecule has 3 aromatic heterocycles. The third-order valence-electron chi connectivity index (χ3n) is 13.3. The highest BCUT2D eigenvalue weighted by molar-refractivity contribution is 5.99. The number of rotatable bonds is 19. The zero-order valence-corrected chi connectivity index (χ0v) is 43.0. The first-order chi connectivity index (χ1) is 37.8. The Labute approximate surface area is 446 Å². The van der Waals surface area contributed by atoms with Crippen molar-refractivity contribution in [2.24, 2.45) is 0 Å². The van der Waals surface area contributed by atoms with Gasteiger partial charge in [0.25, 0.3) is 0 Å². The smallest absolute Gasteiger partial charge is 0.337 e. The molecule has 0 saturated carbocycles. The summed E-state index contributed by atoms with van der Waals surface area (Å²) >= 11 is 0. The summed E-state index contributed by atoms with van der Waals surface area (Å²) in [5.74, 6) is -0.485. The molecular weight excluding hydrogens is 961 g/mol. The molecule has 77 heavy (non-hydrogen) atoms. The number of ether oxygens (including phenoxy) is 3. The lowest BCUT2D eigenvalue weighted by Gasteiger charge is -2.14. The minimum absolute atomic E-state index is 0.110. The van der Waals surface area contributed by atoms with E-state index in [0.29, 0.717) is 74.7 Å². The van der Waals surface area contributed by atoms with Gasteiger partial charge in [-0.2, -0.15) is 0 Å². The van der Waals surface area contributed by atoms with Gasteiger partial charge in [-0.05, 0) is 136 Å². The summed E-state index contributed by atoms with van der Waals surface area (Å²) in [6, 6.07) is 50.2. The fourth-order valence-electron chi connectivity index (χ4n) is 9.29. The van der Waals surface area contributed by atoms with Crippen LogP contribution in [-0.2, 0) is 9.47 Å². The van der Waals surface area contributed by atoms with Gasteiger partial charge in [-0.25, -0.2) is 39.5 Å². The van der Waals surface area contributed by atoms with Crippen LogP contribution in [0.4, 0.5) is 0 Å². The van der Waals surface area contributed by atoms with E-state index in [0.717, 1.165) is 74.8 Å². The van der Waals surface area contributed by atoms with Crippen LogP contribution in [0.1, 0.15) is 99.4 Å². The zero-order chi connectivity index (χ0) is 53.1. The van der Waals surface area contributed by atoms with Gasteiger partial charge in [0.1, 0.15) is 11.4 Å². The number of carbonyl (C=O) groups is 3. The highest BCUT2D eigenvalue weighted by atomic mass is 16.5. The van der Waals surface area contributed by atoms with Gasteiger partial charge < -0.3 is 14.2 Å². The van der Waals surface area contributed by atoms with E-state index in [-0.39, 0.29) is 5.69 Å². The second-order valence-corrected chi connectivity index (χ2v) is 18.4. The van der Waals surface area contributed by atoms with Gasteiger partial charge >= 0.3 is 11.9 Å². The van der Waals surface area contributed by atoms with Crippen molar-refractivity contribution in [3.63, 3.8) is 0 Å². The number of aldehydes is 1. The quantitative estimate of drug-likeness (QED) is 0.0430. The lowest BCUT2D eigenvalue weighted by molar-refractivity contribution is 0.0592. The molecule has 10 rings (SSSR count). The second kappa shape index (κ2) is 23.8. The summed E-state index contributed by atoms with van der Waals surface area (Å²) in [5.41, 5.74) is 13.7. The number of carbonyl (C=O) groups excluding carboxylic acids is 3. The number of hydrogen-bond donors (Lipinski definition) is 0. The van der Waals surface area contributed by atoms with Gasteiger partial charge in [0, 0.05) is 0 Å². The van der Waals surface area contributed by atoms with Crippen molar-refractivity contribution in [2.75, 3.05) is 20.8 Å². The Morgan fingerprint density at radius 3 is 1.21 bits per heavy atom. The summed E-state index contributed by atoms with van der Waals surface area (Å²) in [4.78, 5) is 68.2. The Kier molecular flexibility index (Phi) is 15.7. The number of hydrogen-bond acceptors (Lipinski definition) is 12. The van der Waals surface area contributed by atoms with E-state index >= 15 is 0 Å². The molecule has 0 aliphatic heterocycles. The summed E-state index contributed by atoms with van der Waals surface area (Å²) < 4.78 is 16.3. The average Bonchev–Trinajstić information content (AvgIpc) is 3.50. The van der Waals surface area contributed by atoms with Crippen LogP contribution in [0.5, 0.6) is 5.88 Å². The van der Waals surface area contributed by atoms with Crippen molar-refractivity contribution in [1.29, 1.82) is 0 Å². The van der Waals surface area contributed by atoms with Crippen molar-refractivity contribution in [2.45, 2.75) is 45.4 Å². The maximum atomic E-state index is 13.0. The van der Waals surface area contributed by atoms with Crippen LogP contribution in [0, 0.1) is 0 Å². The van der Waals surface area contributed by atoms with Crippen molar-refractivity contribution in [1.82, 2.24) is 29.9 Å². The molecular formula is C65H54N6O6. The molecule has 0 unspecified atom stereocenters. The van der Waals surface area contributed by atoms with Crippen LogP contribution in [0.15, 0.2) is 158 Å². The molecule has 12 heteroatoms. The molecule has 10 aromatic rings. The minimum atomic E-state index is -0.459. The highest BCUT2D eigenvalue weighted by Crippen LogP contribution is 2.38. The fraction of sp³-hybridized carbons (Fsp3) is 0.154. The highest BCUT2D eigenvalue weighted by Gasteiger charge is 2.18. The Bertz CT molecular complexity index is 3840. The first-order valence-corrected chi connectivity index (χ1v) is 25.7. The average molecular weight is 1020 g/mol. The van der Waals surface area contributed by atoms with Crippen LogP contribution in [0.2, 0.25) is 0 Å². The van der Waals surface area contributed by atoms with Gasteiger partial charge in [-0.1, -0.05) is 136 Å². The van der Waals surface area contributed by atoms with Gasteiger partial charge in [-0.15, -0.1) is 0 Å². The number of benzene rings is 7. The normalized spacial score (nSPS) is 11.5. The van der Waals surface area contributed by atoms with Crippen LogP contribution >= 0.6 is 0 Å². The molecule has 0 amide bonds. The number of nitrogens with zero attached hydrogens (tertiary/aromatic N) is 6. The Morgan fingerprint density at radius 2 is 0.766 bits per heavy atom. The lowest BCUT2D eigenvalue weighted by atomic mass is 9.92.